The molecule has 98 heavy (non-hydrogen) atoms. The number of fused-ring (bicyclic) bond motifs is 3. The van der Waals surface area contributed by atoms with Gasteiger partial charge in [-0.15, -0.1) is 0 Å². The monoisotopic (exact) mass is 1350 g/mol. The molecular weight excluding hydrogens is 1280 g/mol. The van der Waals surface area contributed by atoms with E-state index in [4.69, 9.17) is 5.11 Å². The number of anilines is 3. The molecule has 3 aromatic heterocycles. The van der Waals surface area contributed by atoms with Crippen LogP contribution in [-0.2, 0) is 51.6 Å². The Morgan fingerprint density at radius 2 is 0.827 bits per heavy atom. The van der Waals surface area contributed by atoms with E-state index in [2.05, 4.69) is 66.3 Å². The molecule has 6 heterocycles. The number of carbonyl (C=O) groups is 4. The van der Waals surface area contributed by atoms with Crippen molar-refractivity contribution in [2.75, 3.05) is 34.3 Å². The Bertz CT molecular complexity index is 4430. The number of hydrogen-bond acceptors (Lipinski definition) is 12. The number of amides is 3. The van der Waals surface area contributed by atoms with Crippen LogP contribution in [0.3, 0.4) is 0 Å². The summed E-state index contributed by atoms with van der Waals surface area (Å²) < 4.78 is 99.2. The van der Waals surface area contributed by atoms with Crippen molar-refractivity contribution in [2.45, 2.75) is 104 Å². The van der Waals surface area contributed by atoms with Crippen LogP contribution < -0.4 is 30.7 Å². The van der Waals surface area contributed by atoms with Crippen LogP contribution >= 0.6 is 0 Å². The summed E-state index contributed by atoms with van der Waals surface area (Å²) in [7, 11) is 0. The Morgan fingerprint density at radius 3 is 1.22 bits per heavy atom. The van der Waals surface area contributed by atoms with E-state index < -0.39 is 47.1 Å². The molecule has 3 amide bonds. The first-order chi connectivity index (χ1) is 46.5. The van der Waals surface area contributed by atoms with Gasteiger partial charge in [0.15, 0.2) is 5.69 Å². The average Bonchev–Trinajstić information content (AvgIpc) is 1.61. The van der Waals surface area contributed by atoms with Crippen molar-refractivity contribution < 1.29 is 65.2 Å². The van der Waals surface area contributed by atoms with Gasteiger partial charge in [-0.1, -0.05) is 128 Å². The number of carbonyl (C=O) groups excluding carboxylic acids is 3. The fraction of sp³-hybridized carbons (Fsp3) is 0.264. The molecule has 12 rings (SSSR count). The predicted octanol–water partition coefficient (Wildman–Crippen LogP) is 13.7. The molecule has 6 N–H and O–H groups in total. The van der Waals surface area contributed by atoms with Gasteiger partial charge in [-0.25, -0.2) is 23.2 Å². The lowest BCUT2D eigenvalue weighted by atomic mass is 10.0. The molecule has 0 saturated heterocycles. The van der Waals surface area contributed by atoms with Crippen molar-refractivity contribution in [3.05, 3.63) is 260 Å². The molecule has 0 spiro atoms. The van der Waals surface area contributed by atoms with E-state index in [0.717, 1.165) is 70.5 Å². The molecule has 26 heteroatoms. The molecule has 0 bridgehead atoms. The average molecular weight is 1350 g/mol. The van der Waals surface area contributed by atoms with E-state index in [1.807, 2.05) is 85.6 Å². The standard InChI is InChI=1S/C24H20F6N4O3.C24H25FN4O2.C24H26N4O2/c1-13(15-5-7-16(8-6-15)22(36)37)31-20(35)18-19(24(28,29)30)32-34-10-9-33(21(18)34)12-14-3-2-4-17(11-14)23(25,26)27;1-15(19-7-9-20(10-8-19)17(3)30)26-23(31)22-16(2)27-29-12-11-28(24(22)29)14-18-5-4-6-21(25)13-18;1-16(20-9-11-21(12-10-20)18(3)29)25-23(30)22-17(2)26-28-14-13-27(24(22)28)15-19-7-5-4-6-8-19/h2-8,11,13H,9-10,12H2,1H3,(H,31,35)(H,36,37);4-10,13,15,30H,3,11-12,14H2,1-2H3,(H,26,31);4-12,16,29H,3,13-15H2,1-2H3,(H,25,30)/t13-;15-;16-/m000/s1. The molecule has 19 nitrogen and oxygen atoms in total. The quantitative estimate of drug-likeness (QED) is 0.0347. The number of nitrogens with one attached hydrogen (secondary N) is 3. The molecule has 6 aromatic carbocycles. The molecule has 9 aromatic rings. The maximum atomic E-state index is 13.8. The van der Waals surface area contributed by atoms with E-state index in [1.54, 1.807) is 30.3 Å². The minimum Gasteiger partial charge on any atom is -0.508 e. The number of benzene rings is 6. The Hall–Kier alpha value is -11.2. The van der Waals surface area contributed by atoms with Crippen LogP contribution in [0.2, 0.25) is 0 Å². The molecule has 0 radical (unpaired) electrons. The van der Waals surface area contributed by atoms with Crippen LogP contribution in [0.25, 0.3) is 11.5 Å². The van der Waals surface area contributed by atoms with Gasteiger partial charge in [-0.3, -0.25) is 14.4 Å². The number of aromatic nitrogens is 6. The van der Waals surface area contributed by atoms with Gasteiger partial charge in [0.1, 0.15) is 51.5 Å². The number of alkyl halides is 6. The third-order valence-corrected chi connectivity index (χ3v) is 17.0. The number of hydrogen-bond donors (Lipinski definition) is 6. The SMILES string of the molecule is C=C(O)c1ccc([C@H](C)NC(=O)c2c(C)nn3c2N(Cc2cccc(F)c2)CC3)cc1.C=C(O)c1ccc([C@H](C)NC(=O)c2c(C)nn3c2N(Cc2ccccc2)CC3)cc1.C[C@H](NC(=O)c1c(C(F)(F)F)nn2c1N(Cc1cccc(C(F)(F)F)c1)CC2)c1ccc(C(=O)O)cc1. The fourth-order valence-corrected chi connectivity index (χ4v) is 12.0. The van der Waals surface area contributed by atoms with Crippen LogP contribution in [0.5, 0.6) is 0 Å². The summed E-state index contributed by atoms with van der Waals surface area (Å²) >= 11 is 0. The van der Waals surface area contributed by atoms with Crippen molar-refractivity contribution in [2.24, 2.45) is 0 Å². The Kier molecular flexibility index (Phi) is 20.6. The van der Waals surface area contributed by atoms with Gasteiger partial charge in [0.2, 0.25) is 0 Å². The van der Waals surface area contributed by atoms with Gasteiger partial charge in [0, 0.05) is 50.4 Å². The van der Waals surface area contributed by atoms with Crippen LogP contribution in [0.1, 0.15) is 147 Å². The second-order valence-corrected chi connectivity index (χ2v) is 24.0. The lowest BCUT2D eigenvalue weighted by Crippen LogP contribution is -2.31. The zero-order chi connectivity index (χ0) is 70.5. The minimum absolute atomic E-state index is 0.00122. The first-order valence-corrected chi connectivity index (χ1v) is 31.3. The third kappa shape index (κ3) is 15.9. The lowest BCUT2D eigenvalue weighted by molar-refractivity contribution is -0.142. The van der Waals surface area contributed by atoms with Crippen molar-refractivity contribution in [1.29, 1.82) is 0 Å². The second kappa shape index (κ2) is 29.0. The minimum atomic E-state index is -4.96. The number of aliphatic hydroxyl groups is 2. The van der Waals surface area contributed by atoms with Crippen molar-refractivity contribution in [3.63, 3.8) is 0 Å². The van der Waals surface area contributed by atoms with Gasteiger partial charge < -0.3 is 46.0 Å². The highest BCUT2D eigenvalue weighted by Crippen LogP contribution is 2.40. The summed E-state index contributed by atoms with van der Waals surface area (Å²) in [5, 5.41) is 49.4. The van der Waals surface area contributed by atoms with Crippen molar-refractivity contribution >= 4 is 52.7 Å². The highest BCUT2D eigenvalue weighted by Gasteiger charge is 2.45. The molecule has 3 aliphatic rings. The number of aliphatic hydroxyl groups excluding tert-OH is 2. The molecule has 0 saturated carbocycles. The highest BCUT2D eigenvalue weighted by atomic mass is 19.4. The van der Waals surface area contributed by atoms with Crippen LogP contribution in [0, 0.1) is 19.7 Å². The predicted molar refractivity (Wildman–Crippen MR) is 356 cm³/mol. The Balaban J connectivity index is 0.000000160. The number of aromatic carboxylic acids is 1. The number of aryl methyl sites for hydroxylation is 2. The van der Waals surface area contributed by atoms with Crippen LogP contribution in [0.15, 0.2) is 165 Å². The number of carboxylic acid groups (broad SMARTS) is 1. The normalized spacial score (nSPS) is 14.0. The summed E-state index contributed by atoms with van der Waals surface area (Å²) in [6.45, 7) is 20.4. The van der Waals surface area contributed by atoms with E-state index >= 15 is 0 Å². The third-order valence-electron chi connectivity index (χ3n) is 17.0. The first kappa shape index (κ1) is 69.6. The number of rotatable bonds is 18. The molecule has 0 unspecified atom stereocenters. The maximum Gasteiger partial charge on any atom is 0.436 e. The molecule has 510 valence electrons. The zero-order valence-corrected chi connectivity index (χ0v) is 54.1. The largest absolute Gasteiger partial charge is 0.508 e. The van der Waals surface area contributed by atoms with Crippen molar-refractivity contribution in [1.82, 2.24) is 45.3 Å². The lowest BCUT2D eigenvalue weighted by Gasteiger charge is -2.21. The van der Waals surface area contributed by atoms with Gasteiger partial charge in [0.25, 0.3) is 17.7 Å². The number of halogens is 7. The van der Waals surface area contributed by atoms with Gasteiger partial charge >= 0.3 is 18.3 Å². The molecule has 0 aliphatic carbocycles. The first-order valence-electron chi connectivity index (χ1n) is 31.3. The topological polar surface area (TPSA) is 228 Å². The molecule has 3 atom stereocenters. The van der Waals surface area contributed by atoms with Gasteiger partial charge in [0.05, 0.1) is 60.3 Å². The summed E-state index contributed by atoms with van der Waals surface area (Å²) in [4.78, 5) is 56.2. The number of carboxylic acids is 1. The van der Waals surface area contributed by atoms with E-state index in [9.17, 15) is 60.1 Å². The van der Waals surface area contributed by atoms with Crippen molar-refractivity contribution in [3.8, 4) is 0 Å². The molecular formula is C72H71F7N12O7. The smallest absolute Gasteiger partial charge is 0.436 e. The molecule has 3 aliphatic heterocycles. The molecule has 0 fully saturated rings. The van der Waals surface area contributed by atoms with E-state index in [1.165, 1.54) is 65.9 Å². The Morgan fingerprint density at radius 1 is 0.459 bits per heavy atom. The number of nitrogens with zero attached hydrogens (tertiary/aromatic N) is 9. The zero-order valence-electron chi connectivity index (χ0n) is 54.1. The summed E-state index contributed by atoms with van der Waals surface area (Å²) in [5.74, 6) is -1.29. The Labute approximate surface area is 559 Å². The van der Waals surface area contributed by atoms with E-state index in [-0.39, 0.29) is 77.8 Å². The highest BCUT2D eigenvalue weighted by molar-refractivity contribution is 6.02. The summed E-state index contributed by atoms with van der Waals surface area (Å²) in [6.07, 6.45) is -9.55. The van der Waals surface area contributed by atoms with Crippen LogP contribution in [-0.4, -0.2) is 88.0 Å². The second-order valence-electron chi connectivity index (χ2n) is 24.0. The fourth-order valence-electron chi connectivity index (χ4n) is 12.0. The summed E-state index contributed by atoms with van der Waals surface area (Å²) in [6, 6.07) is 40.1. The van der Waals surface area contributed by atoms with Gasteiger partial charge in [-0.05, 0) is 104 Å². The van der Waals surface area contributed by atoms with Gasteiger partial charge in [-0.2, -0.15) is 41.6 Å². The summed E-state index contributed by atoms with van der Waals surface area (Å²) in [5.41, 5.74) is 5.43. The maximum absolute atomic E-state index is 13.8. The van der Waals surface area contributed by atoms with E-state index in [0.29, 0.717) is 53.1 Å². The van der Waals surface area contributed by atoms with Crippen LogP contribution in [0.4, 0.5) is 48.2 Å².